The first-order valence-electron chi connectivity index (χ1n) is 4.91. The summed E-state index contributed by atoms with van der Waals surface area (Å²) in [5.41, 5.74) is 0.758. The second-order valence-corrected chi connectivity index (χ2v) is 4.40. The van der Waals surface area contributed by atoms with Crippen molar-refractivity contribution in [2.24, 2.45) is 0 Å². The second kappa shape index (κ2) is 3.71. The molecule has 0 fully saturated rings. The van der Waals surface area contributed by atoms with Gasteiger partial charge in [-0.3, -0.25) is 0 Å². The molecule has 0 amide bonds. The molecule has 3 aromatic rings. The maximum atomic E-state index is 10.7. The van der Waals surface area contributed by atoms with Crippen molar-refractivity contribution < 1.29 is 14.3 Å². The van der Waals surface area contributed by atoms with Gasteiger partial charge in [-0.05, 0) is 6.07 Å². The fourth-order valence-corrected chi connectivity index (χ4v) is 2.57. The van der Waals surface area contributed by atoms with Gasteiger partial charge >= 0.3 is 5.97 Å². The minimum Gasteiger partial charge on any atom is -0.476 e. The summed E-state index contributed by atoms with van der Waals surface area (Å²) in [6, 6.07) is 7.86. The zero-order valence-electron chi connectivity index (χ0n) is 8.58. The van der Waals surface area contributed by atoms with E-state index in [9.17, 15) is 4.79 Å². The molecule has 2 aromatic heterocycles. The van der Waals surface area contributed by atoms with Crippen LogP contribution in [0.5, 0.6) is 0 Å². The molecular formula is C12H7NO3S. The van der Waals surface area contributed by atoms with E-state index in [2.05, 4.69) is 4.98 Å². The van der Waals surface area contributed by atoms with Crippen LogP contribution in [-0.4, -0.2) is 16.1 Å². The van der Waals surface area contributed by atoms with Gasteiger partial charge in [-0.25, -0.2) is 9.78 Å². The SMILES string of the molecule is O=C(O)c1coc(-c2csc3ccccc23)n1. The number of carbonyl (C=O) groups is 1. The predicted molar refractivity (Wildman–Crippen MR) is 64.3 cm³/mol. The van der Waals surface area contributed by atoms with Crippen molar-refractivity contribution in [3.8, 4) is 11.5 Å². The average Bonchev–Trinajstić information content (AvgIpc) is 2.95. The molecule has 17 heavy (non-hydrogen) atoms. The van der Waals surface area contributed by atoms with Crippen LogP contribution in [0.25, 0.3) is 21.5 Å². The van der Waals surface area contributed by atoms with Crippen LogP contribution in [0.1, 0.15) is 10.5 Å². The van der Waals surface area contributed by atoms with Crippen molar-refractivity contribution >= 4 is 27.4 Å². The molecule has 5 heteroatoms. The van der Waals surface area contributed by atoms with Crippen molar-refractivity contribution in [1.29, 1.82) is 0 Å². The predicted octanol–water partition coefficient (Wildman–Crippen LogP) is 3.25. The van der Waals surface area contributed by atoms with Gasteiger partial charge < -0.3 is 9.52 Å². The summed E-state index contributed by atoms with van der Waals surface area (Å²) in [6.07, 6.45) is 1.16. The topological polar surface area (TPSA) is 63.3 Å². The molecule has 0 aliphatic heterocycles. The molecule has 0 spiro atoms. The fraction of sp³-hybridized carbons (Fsp3) is 0. The van der Waals surface area contributed by atoms with Gasteiger partial charge in [0.25, 0.3) is 0 Å². The largest absolute Gasteiger partial charge is 0.476 e. The summed E-state index contributed by atoms with van der Waals surface area (Å²) < 4.78 is 6.32. The van der Waals surface area contributed by atoms with Gasteiger partial charge in [0.1, 0.15) is 6.26 Å². The highest BCUT2D eigenvalue weighted by Crippen LogP contribution is 2.33. The Kier molecular flexibility index (Phi) is 2.19. The van der Waals surface area contributed by atoms with Gasteiger partial charge in [0.2, 0.25) is 5.89 Å². The molecule has 0 unspecified atom stereocenters. The third kappa shape index (κ3) is 1.60. The minimum atomic E-state index is -1.08. The number of hydrogen-bond acceptors (Lipinski definition) is 4. The molecular weight excluding hydrogens is 238 g/mol. The van der Waals surface area contributed by atoms with Gasteiger partial charge in [-0.1, -0.05) is 18.2 Å². The molecule has 2 heterocycles. The van der Waals surface area contributed by atoms with Crippen LogP contribution in [0.2, 0.25) is 0 Å². The second-order valence-electron chi connectivity index (χ2n) is 3.49. The number of oxazole rings is 1. The summed E-state index contributed by atoms with van der Waals surface area (Å²) >= 11 is 1.58. The first-order valence-corrected chi connectivity index (χ1v) is 5.79. The zero-order valence-corrected chi connectivity index (χ0v) is 9.40. The van der Waals surface area contributed by atoms with E-state index < -0.39 is 5.97 Å². The first kappa shape index (κ1) is 10.0. The van der Waals surface area contributed by atoms with E-state index in [0.717, 1.165) is 21.9 Å². The van der Waals surface area contributed by atoms with Crippen LogP contribution in [0.3, 0.4) is 0 Å². The van der Waals surface area contributed by atoms with E-state index in [-0.39, 0.29) is 5.69 Å². The quantitative estimate of drug-likeness (QED) is 0.752. The number of fused-ring (bicyclic) bond motifs is 1. The summed E-state index contributed by atoms with van der Waals surface area (Å²) in [4.78, 5) is 14.7. The van der Waals surface area contributed by atoms with Crippen LogP contribution in [-0.2, 0) is 0 Å². The van der Waals surface area contributed by atoms with E-state index in [1.54, 1.807) is 11.3 Å². The van der Waals surface area contributed by atoms with Gasteiger partial charge in [-0.15, -0.1) is 11.3 Å². The zero-order chi connectivity index (χ0) is 11.8. The molecule has 1 aromatic carbocycles. The summed E-state index contributed by atoms with van der Waals surface area (Å²) in [5.74, 6) is -0.737. The molecule has 4 nitrogen and oxygen atoms in total. The minimum absolute atomic E-state index is 0.0738. The molecule has 3 rings (SSSR count). The highest BCUT2D eigenvalue weighted by Gasteiger charge is 2.14. The average molecular weight is 245 g/mol. The Morgan fingerprint density at radius 3 is 2.94 bits per heavy atom. The summed E-state index contributed by atoms with van der Waals surface area (Å²) in [7, 11) is 0. The lowest BCUT2D eigenvalue weighted by atomic mass is 10.2. The van der Waals surface area contributed by atoms with Crippen molar-refractivity contribution in [3.63, 3.8) is 0 Å². The van der Waals surface area contributed by atoms with Gasteiger partial charge in [0.05, 0.1) is 5.56 Å². The van der Waals surface area contributed by atoms with Crippen molar-refractivity contribution in [2.45, 2.75) is 0 Å². The molecule has 0 aliphatic rings. The van der Waals surface area contributed by atoms with E-state index in [0.29, 0.717) is 5.89 Å². The molecule has 1 N–H and O–H groups in total. The van der Waals surface area contributed by atoms with E-state index in [1.807, 2.05) is 29.6 Å². The Bertz CT molecular complexity index is 698. The number of carboxylic acid groups (broad SMARTS) is 1. The highest BCUT2D eigenvalue weighted by atomic mass is 32.1. The Hall–Kier alpha value is -2.14. The Morgan fingerprint density at radius 1 is 1.35 bits per heavy atom. The number of aromatic nitrogens is 1. The van der Waals surface area contributed by atoms with Crippen molar-refractivity contribution in [1.82, 2.24) is 4.98 Å². The standard InChI is InChI=1S/C12H7NO3S/c14-12(15)9-5-16-11(13-9)8-6-17-10-4-2-1-3-7(8)10/h1-6H,(H,14,15). The molecule has 0 radical (unpaired) electrons. The number of nitrogens with zero attached hydrogens (tertiary/aromatic N) is 1. The van der Waals surface area contributed by atoms with E-state index in [4.69, 9.17) is 9.52 Å². The highest BCUT2D eigenvalue weighted by molar-refractivity contribution is 7.17. The molecule has 0 bridgehead atoms. The van der Waals surface area contributed by atoms with E-state index >= 15 is 0 Å². The summed E-state index contributed by atoms with van der Waals surface area (Å²) in [6.45, 7) is 0. The van der Waals surface area contributed by atoms with Gasteiger partial charge in [0, 0.05) is 15.5 Å². The molecule has 0 aliphatic carbocycles. The van der Waals surface area contributed by atoms with Crippen LogP contribution < -0.4 is 0 Å². The number of hydrogen-bond donors (Lipinski definition) is 1. The summed E-state index contributed by atoms with van der Waals surface area (Å²) in [5, 5.41) is 11.7. The monoisotopic (exact) mass is 245 g/mol. The molecule has 0 saturated heterocycles. The molecule has 84 valence electrons. The van der Waals surface area contributed by atoms with Crippen molar-refractivity contribution in [2.75, 3.05) is 0 Å². The fourth-order valence-electron chi connectivity index (χ4n) is 1.64. The van der Waals surface area contributed by atoms with Crippen molar-refractivity contribution in [3.05, 3.63) is 41.6 Å². The maximum Gasteiger partial charge on any atom is 0.357 e. The Labute approximate surface area is 100 Å². The number of carboxylic acids is 1. The van der Waals surface area contributed by atoms with Crippen LogP contribution >= 0.6 is 11.3 Å². The smallest absolute Gasteiger partial charge is 0.357 e. The lowest BCUT2D eigenvalue weighted by Gasteiger charge is -1.92. The van der Waals surface area contributed by atoms with Crippen LogP contribution in [0.4, 0.5) is 0 Å². The lowest BCUT2D eigenvalue weighted by Crippen LogP contribution is -1.95. The maximum absolute atomic E-state index is 10.7. The van der Waals surface area contributed by atoms with Crippen LogP contribution in [0, 0.1) is 0 Å². The Morgan fingerprint density at radius 2 is 2.18 bits per heavy atom. The van der Waals surface area contributed by atoms with Gasteiger partial charge in [0.15, 0.2) is 5.69 Å². The number of thiophene rings is 1. The first-order chi connectivity index (χ1) is 8.25. The third-order valence-electron chi connectivity index (χ3n) is 2.43. The van der Waals surface area contributed by atoms with Gasteiger partial charge in [-0.2, -0.15) is 0 Å². The van der Waals surface area contributed by atoms with Crippen LogP contribution in [0.15, 0.2) is 40.3 Å². The molecule has 0 atom stereocenters. The third-order valence-corrected chi connectivity index (χ3v) is 3.40. The Balaban J connectivity index is 2.17. The number of rotatable bonds is 2. The van der Waals surface area contributed by atoms with E-state index in [1.165, 1.54) is 0 Å². The normalized spacial score (nSPS) is 10.8. The molecule has 0 saturated carbocycles. The number of aromatic carboxylic acids is 1. The lowest BCUT2D eigenvalue weighted by molar-refractivity contribution is 0.0690. The number of benzene rings is 1.